The Kier molecular flexibility index (Phi) is 6.23. The Bertz CT molecular complexity index is 427. The third-order valence-electron chi connectivity index (χ3n) is 6.09. The molecule has 0 saturated heterocycles. The first kappa shape index (κ1) is 17.7. The molecule has 2 rings (SSSR count). The van der Waals surface area contributed by atoms with E-state index in [9.17, 15) is 8.78 Å². The van der Waals surface area contributed by atoms with E-state index in [0.29, 0.717) is 11.1 Å². The topological polar surface area (TPSA) is 0 Å². The monoisotopic (exact) mass is 310 g/mol. The Hall–Kier alpha value is -0.660. The molecule has 2 heteroatoms. The summed E-state index contributed by atoms with van der Waals surface area (Å²) >= 11 is 0. The first-order valence-electron chi connectivity index (χ1n) is 9.09. The van der Waals surface area contributed by atoms with Crippen LogP contribution in [0.4, 0.5) is 8.78 Å². The third kappa shape index (κ3) is 4.20. The normalized spacial score (nSPS) is 34.1. The highest BCUT2D eigenvalue weighted by Crippen LogP contribution is 2.43. The van der Waals surface area contributed by atoms with E-state index in [-0.39, 0.29) is 5.92 Å². The third-order valence-corrected chi connectivity index (χ3v) is 6.09. The Morgan fingerprint density at radius 2 is 1.14 bits per heavy atom. The van der Waals surface area contributed by atoms with Crippen molar-refractivity contribution in [1.82, 2.24) is 0 Å². The molecule has 22 heavy (non-hydrogen) atoms. The van der Waals surface area contributed by atoms with Gasteiger partial charge in [-0.05, 0) is 94.1 Å². The van der Waals surface area contributed by atoms with Crippen LogP contribution >= 0.6 is 0 Å². The van der Waals surface area contributed by atoms with Crippen molar-refractivity contribution in [3.63, 3.8) is 0 Å². The van der Waals surface area contributed by atoms with E-state index in [1.54, 1.807) is 20.8 Å². The zero-order valence-corrected chi connectivity index (χ0v) is 14.7. The van der Waals surface area contributed by atoms with Crippen molar-refractivity contribution in [3.8, 4) is 0 Å². The largest absolute Gasteiger partial charge is 0.204 e. The fourth-order valence-electron chi connectivity index (χ4n) is 4.35. The van der Waals surface area contributed by atoms with Crippen molar-refractivity contribution in [1.29, 1.82) is 0 Å². The second kappa shape index (κ2) is 7.75. The summed E-state index contributed by atoms with van der Waals surface area (Å²) in [6, 6.07) is 0. The van der Waals surface area contributed by atoms with Gasteiger partial charge >= 0.3 is 0 Å². The zero-order chi connectivity index (χ0) is 16.3. The van der Waals surface area contributed by atoms with Crippen molar-refractivity contribution in [2.24, 2.45) is 23.7 Å². The van der Waals surface area contributed by atoms with Gasteiger partial charge in [0.1, 0.15) is 0 Å². The molecule has 0 aromatic rings. The zero-order valence-electron chi connectivity index (χ0n) is 14.7. The average molecular weight is 310 g/mol. The molecule has 2 aliphatic carbocycles. The van der Waals surface area contributed by atoms with Gasteiger partial charge in [0, 0.05) is 0 Å². The van der Waals surface area contributed by atoms with Crippen LogP contribution in [0.15, 0.2) is 22.8 Å². The number of hydrogen-bond acceptors (Lipinski definition) is 0. The Labute approximate surface area is 135 Å². The SMILES string of the molecule is CC(C)=C(F)C(F)=C(C)C1CCC(C2CCC(C)CC2)CC1. The Balaban J connectivity index is 1.92. The van der Waals surface area contributed by atoms with Crippen molar-refractivity contribution >= 4 is 0 Å². The number of hydrogen-bond donors (Lipinski definition) is 0. The van der Waals surface area contributed by atoms with Crippen LogP contribution in [0.3, 0.4) is 0 Å². The highest BCUT2D eigenvalue weighted by Gasteiger charge is 2.31. The van der Waals surface area contributed by atoms with E-state index in [2.05, 4.69) is 6.92 Å². The van der Waals surface area contributed by atoms with Crippen molar-refractivity contribution in [2.45, 2.75) is 79.1 Å². The molecule has 2 aliphatic rings. The molecule has 0 unspecified atom stereocenters. The van der Waals surface area contributed by atoms with E-state index < -0.39 is 11.7 Å². The van der Waals surface area contributed by atoms with Gasteiger partial charge in [-0.25, -0.2) is 8.78 Å². The Morgan fingerprint density at radius 3 is 1.59 bits per heavy atom. The van der Waals surface area contributed by atoms with E-state index in [0.717, 1.165) is 30.6 Å². The molecule has 2 fully saturated rings. The van der Waals surface area contributed by atoms with E-state index in [1.807, 2.05) is 0 Å². The summed E-state index contributed by atoms with van der Waals surface area (Å²) in [6.07, 6.45) is 9.99. The lowest BCUT2D eigenvalue weighted by Gasteiger charge is -2.37. The van der Waals surface area contributed by atoms with Crippen molar-refractivity contribution in [3.05, 3.63) is 22.8 Å². The predicted octanol–water partition coefficient (Wildman–Crippen LogP) is 7.13. The molecule has 0 N–H and O–H groups in total. The summed E-state index contributed by atoms with van der Waals surface area (Å²) in [7, 11) is 0. The van der Waals surface area contributed by atoms with Gasteiger partial charge in [0.25, 0.3) is 0 Å². The van der Waals surface area contributed by atoms with Crippen LogP contribution in [0.5, 0.6) is 0 Å². The van der Waals surface area contributed by atoms with Gasteiger partial charge in [0.2, 0.25) is 0 Å². The van der Waals surface area contributed by atoms with Gasteiger partial charge in [-0.2, -0.15) is 0 Å². The van der Waals surface area contributed by atoms with Crippen LogP contribution < -0.4 is 0 Å². The molecule has 0 aromatic carbocycles. The second-order valence-electron chi connectivity index (χ2n) is 7.94. The standard InChI is InChI=1S/C20H32F2/c1-13(2)19(21)20(22)15(4)16-9-11-18(12-10-16)17-7-5-14(3)6-8-17/h14,16-18H,5-12H2,1-4H3. The molecule has 0 bridgehead atoms. The molecule has 0 radical (unpaired) electrons. The van der Waals surface area contributed by atoms with Crippen LogP contribution in [0.2, 0.25) is 0 Å². The van der Waals surface area contributed by atoms with Crippen LogP contribution in [-0.4, -0.2) is 0 Å². The number of allylic oxidation sites excluding steroid dienone is 4. The van der Waals surface area contributed by atoms with E-state index in [1.165, 1.54) is 38.5 Å². The lowest BCUT2D eigenvalue weighted by Crippen LogP contribution is -2.25. The molecular formula is C20H32F2. The maximum absolute atomic E-state index is 14.2. The van der Waals surface area contributed by atoms with Crippen LogP contribution in [-0.2, 0) is 0 Å². The quantitative estimate of drug-likeness (QED) is 0.486. The van der Waals surface area contributed by atoms with Crippen LogP contribution in [0.1, 0.15) is 79.1 Å². The smallest absolute Gasteiger partial charge is 0.157 e. The molecular weight excluding hydrogens is 278 g/mol. The van der Waals surface area contributed by atoms with Gasteiger partial charge < -0.3 is 0 Å². The van der Waals surface area contributed by atoms with Crippen molar-refractivity contribution < 1.29 is 8.78 Å². The number of rotatable bonds is 3. The lowest BCUT2D eigenvalue weighted by atomic mass is 9.68. The average Bonchev–Trinajstić information content (AvgIpc) is 2.53. The summed E-state index contributed by atoms with van der Waals surface area (Å²) in [5.74, 6) is 1.60. The van der Waals surface area contributed by atoms with Crippen LogP contribution in [0.25, 0.3) is 0 Å². The maximum atomic E-state index is 14.2. The summed E-state index contributed by atoms with van der Waals surface area (Å²) in [6.45, 7) is 7.40. The molecule has 0 aliphatic heterocycles. The van der Waals surface area contributed by atoms with Crippen molar-refractivity contribution in [2.75, 3.05) is 0 Å². The summed E-state index contributed by atoms with van der Waals surface area (Å²) in [5.41, 5.74) is 1.07. The minimum absolute atomic E-state index is 0.240. The fourth-order valence-corrected chi connectivity index (χ4v) is 4.35. The number of halogens is 2. The molecule has 2 saturated carbocycles. The highest BCUT2D eigenvalue weighted by atomic mass is 19.2. The molecule has 0 amide bonds. The van der Waals surface area contributed by atoms with Gasteiger partial charge in [-0.3, -0.25) is 0 Å². The van der Waals surface area contributed by atoms with E-state index >= 15 is 0 Å². The summed E-state index contributed by atoms with van der Waals surface area (Å²) in [5, 5.41) is 0. The molecule has 0 heterocycles. The fraction of sp³-hybridized carbons (Fsp3) is 0.800. The van der Waals surface area contributed by atoms with Crippen LogP contribution in [0, 0.1) is 23.7 Å². The predicted molar refractivity (Wildman–Crippen MR) is 89.9 cm³/mol. The first-order chi connectivity index (χ1) is 10.4. The van der Waals surface area contributed by atoms with E-state index in [4.69, 9.17) is 0 Å². The molecule has 0 aromatic heterocycles. The minimum Gasteiger partial charge on any atom is -0.204 e. The lowest BCUT2D eigenvalue weighted by molar-refractivity contribution is 0.157. The summed E-state index contributed by atoms with van der Waals surface area (Å²) in [4.78, 5) is 0. The second-order valence-corrected chi connectivity index (χ2v) is 7.94. The molecule has 0 nitrogen and oxygen atoms in total. The first-order valence-corrected chi connectivity index (χ1v) is 9.09. The summed E-state index contributed by atoms with van der Waals surface area (Å²) < 4.78 is 27.9. The maximum Gasteiger partial charge on any atom is 0.157 e. The Morgan fingerprint density at radius 1 is 0.682 bits per heavy atom. The van der Waals surface area contributed by atoms with Gasteiger partial charge in [0.05, 0.1) is 0 Å². The highest BCUT2D eigenvalue weighted by molar-refractivity contribution is 5.28. The molecule has 0 atom stereocenters. The molecule has 126 valence electrons. The minimum atomic E-state index is -0.652. The van der Waals surface area contributed by atoms with Gasteiger partial charge in [-0.15, -0.1) is 0 Å². The molecule has 0 spiro atoms. The van der Waals surface area contributed by atoms with Gasteiger partial charge in [0.15, 0.2) is 11.7 Å². The van der Waals surface area contributed by atoms with Gasteiger partial charge in [-0.1, -0.05) is 19.8 Å².